The molecule has 0 unspecified atom stereocenters. The molecule has 2 aliphatic rings. The number of fused-ring (bicyclic) bond motifs is 3. The Morgan fingerprint density at radius 2 is 2.14 bits per heavy atom. The molecule has 3 rings (SSSR count). The maximum absolute atomic E-state index is 12.4. The van der Waals surface area contributed by atoms with Crippen molar-refractivity contribution in [1.82, 2.24) is 19.7 Å². The number of aromatic nitrogens is 2. The van der Waals surface area contributed by atoms with Gasteiger partial charge in [0, 0.05) is 25.6 Å². The Labute approximate surface area is 120 Å². The maximum Gasteiger partial charge on any atom is 0.407 e. The van der Waals surface area contributed by atoms with Crippen molar-refractivity contribution in [2.45, 2.75) is 19.5 Å². The molecule has 2 N–H and O–H groups in total. The first-order chi connectivity index (χ1) is 10.0. The summed E-state index contributed by atoms with van der Waals surface area (Å²) in [4.78, 5) is 24.8. The molecule has 0 fully saturated rings. The molecule has 2 aliphatic heterocycles. The van der Waals surface area contributed by atoms with Crippen molar-refractivity contribution in [3.8, 4) is 0 Å². The Kier molecular flexibility index (Phi) is 3.13. The third kappa shape index (κ3) is 2.15. The lowest BCUT2D eigenvalue weighted by Gasteiger charge is -2.24. The largest absolute Gasteiger partial charge is 0.465 e. The van der Waals surface area contributed by atoms with Crippen LogP contribution >= 0.6 is 0 Å². The molecule has 3 heterocycles. The minimum atomic E-state index is -1.01. The first-order valence-corrected chi connectivity index (χ1v) is 6.53. The van der Waals surface area contributed by atoms with Gasteiger partial charge in [0.15, 0.2) is 0 Å². The van der Waals surface area contributed by atoms with Crippen LogP contribution in [-0.2, 0) is 19.5 Å². The standard InChI is InChI=1S/C12H15N5O4/c1-15-11(19)10-8-5-16(12(20)21)3-2-9(8)14-17(10)4-7(6-18)13-15/h18H,2-6H2,1H3,(H,20,21). The lowest BCUT2D eigenvalue weighted by molar-refractivity contribution is 0.0788. The zero-order valence-electron chi connectivity index (χ0n) is 11.5. The Morgan fingerprint density at radius 3 is 2.81 bits per heavy atom. The summed E-state index contributed by atoms with van der Waals surface area (Å²) in [6.45, 7) is 0.475. The van der Waals surface area contributed by atoms with Crippen LogP contribution < -0.4 is 0 Å². The van der Waals surface area contributed by atoms with Gasteiger partial charge in [-0.1, -0.05) is 0 Å². The molecular formula is C12H15N5O4. The van der Waals surface area contributed by atoms with Gasteiger partial charge >= 0.3 is 6.09 Å². The highest BCUT2D eigenvalue weighted by Crippen LogP contribution is 2.25. The van der Waals surface area contributed by atoms with Crippen molar-refractivity contribution >= 4 is 17.7 Å². The molecule has 21 heavy (non-hydrogen) atoms. The normalized spacial score (nSPS) is 18.0. The summed E-state index contributed by atoms with van der Waals surface area (Å²) >= 11 is 0. The second kappa shape index (κ2) is 4.85. The highest BCUT2D eigenvalue weighted by molar-refractivity contribution is 5.98. The van der Waals surface area contributed by atoms with Gasteiger partial charge in [0.05, 0.1) is 31.1 Å². The molecule has 0 aliphatic carbocycles. The Bertz CT molecular complexity index is 650. The van der Waals surface area contributed by atoms with E-state index in [1.165, 1.54) is 16.6 Å². The number of aliphatic hydroxyl groups excluding tert-OH is 1. The lowest BCUT2D eigenvalue weighted by atomic mass is 10.1. The number of hydrogen-bond donors (Lipinski definition) is 2. The van der Waals surface area contributed by atoms with Crippen molar-refractivity contribution in [2.24, 2.45) is 5.10 Å². The minimum absolute atomic E-state index is 0.147. The fraction of sp³-hybridized carbons (Fsp3) is 0.500. The predicted octanol–water partition coefficient (Wildman–Crippen LogP) is -0.647. The van der Waals surface area contributed by atoms with Gasteiger partial charge in [-0.25, -0.2) is 9.80 Å². The zero-order valence-corrected chi connectivity index (χ0v) is 11.5. The van der Waals surface area contributed by atoms with E-state index in [0.29, 0.717) is 29.9 Å². The summed E-state index contributed by atoms with van der Waals surface area (Å²) in [5.41, 5.74) is 2.16. The molecule has 0 bridgehead atoms. The van der Waals surface area contributed by atoms with Crippen LogP contribution in [0.3, 0.4) is 0 Å². The van der Waals surface area contributed by atoms with Crippen molar-refractivity contribution in [3.05, 3.63) is 17.0 Å². The quantitative estimate of drug-likeness (QED) is 0.715. The maximum atomic E-state index is 12.4. The van der Waals surface area contributed by atoms with Crippen molar-refractivity contribution < 1.29 is 19.8 Å². The van der Waals surface area contributed by atoms with Crippen LogP contribution in [0.1, 0.15) is 21.7 Å². The van der Waals surface area contributed by atoms with Crippen molar-refractivity contribution in [1.29, 1.82) is 0 Å². The summed E-state index contributed by atoms with van der Waals surface area (Å²) in [6.07, 6.45) is -0.535. The molecule has 9 heteroatoms. The summed E-state index contributed by atoms with van der Waals surface area (Å²) in [6, 6.07) is 0. The van der Waals surface area contributed by atoms with Crippen LogP contribution in [-0.4, -0.2) is 67.8 Å². The van der Waals surface area contributed by atoms with Gasteiger partial charge in [0.1, 0.15) is 5.69 Å². The van der Waals surface area contributed by atoms with Crippen LogP contribution in [0.5, 0.6) is 0 Å². The van der Waals surface area contributed by atoms with Gasteiger partial charge in [-0.05, 0) is 0 Å². The highest BCUT2D eigenvalue weighted by Gasteiger charge is 2.33. The third-order valence-corrected chi connectivity index (χ3v) is 3.67. The van der Waals surface area contributed by atoms with Crippen LogP contribution in [0.2, 0.25) is 0 Å². The first kappa shape index (κ1) is 13.6. The summed E-state index contributed by atoms with van der Waals surface area (Å²) in [7, 11) is 1.50. The van der Waals surface area contributed by atoms with Crippen LogP contribution in [0.4, 0.5) is 4.79 Å². The molecule has 0 radical (unpaired) electrons. The predicted molar refractivity (Wildman–Crippen MR) is 71.0 cm³/mol. The van der Waals surface area contributed by atoms with Crippen molar-refractivity contribution in [3.63, 3.8) is 0 Å². The van der Waals surface area contributed by atoms with Gasteiger partial charge in [-0.15, -0.1) is 0 Å². The minimum Gasteiger partial charge on any atom is -0.465 e. The molecule has 2 amide bonds. The number of amides is 2. The summed E-state index contributed by atoms with van der Waals surface area (Å²) in [5, 5.41) is 27.9. The van der Waals surface area contributed by atoms with E-state index in [0.717, 1.165) is 10.7 Å². The molecule has 1 aromatic heterocycles. The van der Waals surface area contributed by atoms with E-state index in [-0.39, 0.29) is 25.6 Å². The van der Waals surface area contributed by atoms with E-state index in [9.17, 15) is 14.7 Å². The van der Waals surface area contributed by atoms with E-state index in [2.05, 4.69) is 10.2 Å². The summed E-state index contributed by atoms with van der Waals surface area (Å²) in [5.74, 6) is -0.348. The average Bonchev–Trinajstić information content (AvgIpc) is 2.76. The van der Waals surface area contributed by atoms with Crippen LogP contribution in [0.25, 0.3) is 0 Å². The molecule has 0 saturated heterocycles. The Hall–Kier alpha value is -2.42. The number of aliphatic hydroxyl groups is 1. The molecule has 0 saturated carbocycles. The number of hydrogen-bond acceptors (Lipinski definition) is 5. The van der Waals surface area contributed by atoms with Crippen LogP contribution in [0.15, 0.2) is 5.10 Å². The number of carbonyl (C=O) groups is 2. The molecule has 0 atom stereocenters. The Morgan fingerprint density at radius 1 is 1.38 bits per heavy atom. The van der Waals surface area contributed by atoms with Crippen molar-refractivity contribution in [2.75, 3.05) is 20.2 Å². The zero-order chi connectivity index (χ0) is 15.1. The Balaban J connectivity index is 2.06. The van der Waals surface area contributed by atoms with E-state index >= 15 is 0 Å². The number of carbonyl (C=O) groups excluding carboxylic acids is 1. The number of rotatable bonds is 1. The van der Waals surface area contributed by atoms with E-state index in [1.807, 2.05) is 0 Å². The number of nitrogens with zero attached hydrogens (tertiary/aromatic N) is 5. The van der Waals surface area contributed by atoms with Gasteiger partial charge in [-0.3, -0.25) is 9.48 Å². The fourth-order valence-corrected chi connectivity index (χ4v) is 2.64. The highest BCUT2D eigenvalue weighted by atomic mass is 16.4. The van der Waals surface area contributed by atoms with Crippen LogP contribution in [0, 0.1) is 0 Å². The van der Waals surface area contributed by atoms with Gasteiger partial charge in [-0.2, -0.15) is 10.2 Å². The number of hydrazone groups is 1. The molecule has 112 valence electrons. The van der Waals surface area contributed by atoms with Gasteiger partial charge in [0.25, 0.3) is 5.91 Å². The van der Waals surface area contributed by atoms with E-state index in [1.54, 1.807) is 0 Å². The topological polar surface area (TPSA) is 111 Å². The van der Waals surface area contributed by atoms with E-state index in [4.69, 9.17) is 5.11 Å². The van der Waals surface area contributed by atoms with Gasteiger partial charge in [0.2, 0.25) is 0 Å². The smallest absolute Gasteiger partial charge is 0.407 e. The lowest BCUT2D eigenvalue weighted by Crippen LogP contribution is -2.35. The molecule has 1 aromatic rings. The van der Waals surface area contributed by atoms with E-state index < -0.39 is 6.09 Å². The SMILES string of the molecule is CN1N=C(CO)Cn2nc3c(c2C1=O)CN(C(=O)O)CC3. The second-order valence-corrected chi connectivity index (χ2v) is 5.04. The second-order valence-electron chi connectivity index (χ2n) is 5.04. The van der Waals surface area contributed by atoms with Gasteiger partial charge < -0.3 is 15.1 Å². The summed E-state index contributed by atoms with van der Waals surface area (Å²) < 4.78 is 1.51. The average molecular weight is 293 g/mol. The molecule has 0 spiro atoms. The molecule has 0 aromatic carbocycles. The first-order valence-electron chi connectivity index (χ1n) is 6.53. The number of carboxylic acid groups (broad SMARTS) is 1. The fourth-order valence-electron chi connectivity index (χ4n) is 2.64. The third-order valence-electron chi connectivity index (χ3n) is 3.67. The molecular weight excluding hydrogens is 278 g/mol. The molecule has 9 nitrogen and oxygen atoms in total. The monoisotopic (exact) mass is 293 g/mol.